The average molecular weight is 319 g/mol. The van der Waals surface area contributed by atoms with Gasteiger partial charge in [0.25, 0.3) is 0 Å². The number of carbonyl (C=O) groups excluding carboxylic acids is 1. The summed E-state index contributed by atoms with van der Waals surface area (Å²) < 4.78 is 0. The van der Waals surface area contributed by atoms with Crippen molar-refractivity contribution in [2.75, 3.05) is 13.1 Å². The summed E-state index contributed by atoms with van der Waals surface area (Å²) in [4.78, 5) is 15.1. The summed E-state index contributed by atoms with van der Waals surface area (Å²) in [7, 11) is 0. The normalized spacial score (nSPS) is 21.4. The fourth-order valence-corrected chi connectivity index (χ4v) is 3.33. The van der Waals surface area contributed by atoms with E-state index >= 15 is 0 Å². The zero-order valence-electron chi connectivity index (χ0n) is 11.7. The van der Waals surface area contributed by atoms with Gasteiger partial charge >= 0.3 is 0 Å². The standard InChI is InChI=1S/C14H22N2O2S.ClH/c1-10(9-15)14(18)16-6-2-4-11(16)8-12(17)13-5-3-7-19-13;/h3,5,7,10-12,17H,2,4,6,8-9,15H2,1H3;1H. The number of nitrogens with zero attached hydrogens (tertiary/aromatic N) is 1. The van der Waals surface area contributed by atoms with Crippen LogP contribution in [0.1, 0.15) is 37.2 Å². The summed E-state index contributed by atoms with van der Waals surface area (Å²) in [5.74, 6) is 0.00265. The number of thiophene rings is 1. The Hall–Kier alpha value is -0.620. The van der Waals surface area contributed by atoms with E-state index in [1.807, 2.05) is 29.3 Å². The molecule has 1 aliphatic rings. The molecule has 0 bridgehead atoms. The van der Waals surface area contributed by atoms with E-state index in [2.05, 4.69) is 0 Å². The molecule has 1 fully saturated rings. The number of hydrogen-bond acceptors (Lipinski definition) is 4. The van der Waals surface area contributed by atoms with Crippen LogP contribution in [0.2, 0.25) is 0 Å². The lowest BCUT2D eigenvalue weighted by Crippen LogP contribution is -2.41. The van der Waals surface area contributed by atoms with Crippen molar-refractivity contribution in [2.45, 2.75) is 38.3 Å². The van der Waals surface area contributed by atoms with Gasteiger partial charge in [0.05, 0.1) is 6.10 Å². The third kappa shape index (κ3) is 3.95. The molecule has 3 unspecified atom stereocenters. The number of amides is 1. The maximum Gasteiger partial charge on any atom is 0.226 e. The topological polar surface area (TPSA) is 66.6 Å². The summed E-state index contributed by atoms with van der Waals surface area (Å²) in [6.07, 6.45) is 2.16. The minimum atomic E-state index is -0.466. The first kappa shape index (κ1) is 17.4. The van der Waals surface area contributed by atoms with Crippen LogP contribution in [-0.4, -0.2) is 35.0 Å². The molecular formula is C14H23ClN2O2S. The molecule has 1 aliphatic heterocycles. The van der Waals surface area contributed by atoms with Gasteiger partial charge in [0.2, 0.25) is 5.91 Å². The maximum atomic E-state index is 12.2. The van der Waals surface area contributed by atoms with Crippen molar-refractivity contribution in [2.24, 2.45) is 11.7 Å². The predicted molar refractivity (Wildman–Crippen MR) is 84.1 cm³/mol. The van der Waals surface area contributed by atoms with Gasteiger partial charge in [-0.3, -0.25) is 4.79 Å². The lowest BCUT2D eigenvalue weighted by Gasteiger charge is -2.28. The van der Waals surface area contributed by atoms with Crippen LogP contribution in [-0.2, 0) is 4.79 Å². The highest BCUT2D eigenvalue weighted by atomic mass is 35.5. The number of rotatable bonds is 5. The number of nitrogens with two attached hydrogens (primary N) is 1. The van der Waals surface area contributed by atoms with Crippen LogP contribution < -0.4 is 5.73 Å². The van der Waals surface area contributed by atoms with E-state index < -0.39 is 6.10 Å². The number of carbonyl (C=O) groups is 1. The highest BCUT2D eigenvalue weighted by Gasteiger charge is 2.32. The fourth-order valence-electron chi connectivity index (χ4n) is 2.61. The molecule has 0 radical (unpaired) electrons. The number of aliphatic hydroxyl groups excluding tert-OH is 1. The molecule has 3 atom stereocenters. The molecule has 6 heteroatoms. The third-order valence-electron chi connectivity index (χ3n) is 3.80. The quantitative estimate of drug-likeness (QED) is 0.874. The zero-order chi connectivity index (χ0) is 13.8. The van der Waals surface area contributed by atoms with Crippen LogP contribution in [0.3, 0.4) is 0 Å². The van der Waals surface area contributed by atoms with E-state index in [1.165, 1.54) is 0 Å². The Morgan fingerprint density at radius 1 is 1.65 bits per heavy atom. The monoisotopic (exact) mass is 318 g/mol. The molecular weight excluding hydrogens is 296 g/mol. The molecule has 1 aromatic rings. The van der Waals surface area contributed by atoms with Gasteiger partial charge < -0.3 is 15.7 Å². The molecule has 2 rings (SSSR count). The third-order valence-corrected chi connectivity index (χ3v) is 4.78. The van der Waals surface area contributed by atoms with Gasteiger partial charge in [-0.15, -0.1) is 23.7 Å². The van der Waals surface area contributed by atoms with Crippen molar-refractivity contribution in [3.8, 4) is 0 Å². The molecule has 114 valence electrons. The highest BCUT2D eigenvalue weighted by Crippen LogP contribution is 2.30. The van der Waals surface area contributed by atoms with Gasteiger partial charge in [-0.25, -0.2) is 0 Å². The molecule has 1 saturated heterocycles. The van der Waals surface area contributed by atoms with E-state index in [0.29, 0.717) is 13.0 Å². The van der Waals surface area contributed by atoms with Crippen molar-refractivity contribution >= 4 is 29.7 Å². The molecule has 2 heterocycles. The highest BCUT2D eigenvalue weighted by molar-refractivity contribution is 7.10. The Morgan fingerprint density at radius 3 is 3.00 bits per heavy atom. The van der Waals surface area contributed by atoms with Gasteiger partial charge in [-0.2, -0.15) is 0 Å². The lowest BCUT2D eigenvalue weighted by molar-refractivity contribution is -0.136. The fraction of sp³-hybridized carbons (Fsp3) is 0.643. The second-order valence-corrected chi connectivity index (χ2v) is 6.21. The predicted octanol–water partition coefficient (Wildman–Crippen LogP) is 2.18. The molecule has 0 aliphatic carbocycles. The molecule has 3 N–H and O–H groups in total. The van der Waals surface area contributed by atoms with Gasteiger partial charge in [-0.1, -0.05) is 13.0 Å². The Labute approximate surface area is 130 Å². The first-order chi connectivity index (χ1) is 9.13. The number of hydrogen-bond donors (Lipinski definition) is 2. The first-order valence-corrected chi connectivity index (χ1v) is 7.73. The van der Waals surface area contributed by atoms with Crippen molar-refractivity contribution < 1.29 is 9.90 Å². The van der Waals surface area contributed by atoms with E-state index in [0.717, 1.165) is 24.3 Å². The maximum absolute atomic E-state index is 12.2. The van der Waals surface area contributed by atoms with Crippen LogP contribution >= 0.6 is 23.7 Å². The largest absolute Gasteiger partial charge is 0.387 e. The Balaban J connectivity index is 0.00000200. The SMILES string of the molecule is CC(CN)C(=O)N1CCCC1CC(O)c1cccs1.Cl. The van der Waals surface area contributed by atoms with E-state index in [9.17, 15) is 9.90 Å². The molecule has 0 spiro atoms. The minimum absolute atomic E-state index is 0. The van der Waals surface area contributed by atoms with Gasteiger partial charge in [0, 0.05) is 29.9 Å². The lowest BCUT2D eigenvalue weighted by atomic mass is 10.0. The molecule has 1 aromatic heterocycles. The Morgan fingerprint density at radius 2 is 2.40 bits per heavy atom. The summed E-state index contributed by atoms with van der Waals surface area (Å²) in [5, 5.41) is 12.2. The molecule has 1 amide bonds. The zero-order valence-corrected chi connectivity index (χ0v) is 13.3. The van der Waals surface area contributed by atoms with Crippen LogP contribution in [0.5, 0.6) is 0 Å². The van der Waals surface area contributed by atoms with Crippen molar-refractivity contribution in [3.63, 3.8) is 0 Å². The Bertz CT molecular complexity index is 413. The van der Waals surface area contributed by atoms with E-state index in [-0.39, 0.29) is 30.3 Å². The summed E-state index contributed by atoms with van der Waals surface area (Å²) in [6.45, 7) is 3.05. The number of likely N-dealkylation sites (tertiary alicyclic amines) is 1. The Kier molecular flexibility index (Phi) is 6.95. The first-order valence-electron chi connectivity index (χ1n) is 6.85. The van der Waals surface area contributed by atoms with E-state index in [4.69, 9.17) is 5.73 Å². The van der Waals surface area contributed by atoms with Crippen LogP contribution in [0.15, 0.2) is 17.5 Å². The number of halogens is 1. The molecule has 0 saturated carbocycles. The second-order valence-electron chi connectivity index (χ2n) is 5.23. The summed E-state index contributed by atoms with van der Waals surface area (Å²) in [6, 6.07) is 4.04. The van der Waals surface area contributed by atoms with Crippen LogP contribution in [0, 0.1) is 5.92 Å². The molecule has 20 heavy (non-hydrogen) atoms. The average Bonchev–Trinajstić information content (AvgIpc) is 3.07. The van der Waals surface area contributed by atoms with Crippen molar-refractivity contribution in [1.29, 1.82) is 0 Å². The second kappa shape index (κ2) is 7.98. The summed E-state index contributed by atoms with van der Waals surface area (Å²) >= 11 is 1.56. The number of aliphatic hydroxyl groups is 1. The molecule has 4 nitrogen and oxygen atoms in total. The van der Waals surface area contributed by atoms with Gasteiger partial charge in [0.1, 0.15) is 0 Å². The van der Waals surface area contributed by atoms with Gasteiger partial charge in [0.15, 0.2) is 0 Å². The molecule has 0 aromatic carbocycles. The van der Waals surface area contributed by atoms with Crippen molar-refractivity contribution in [3.05, 3.63) is 22.4 Å². The van der Waals surface area contributed by atoms with Gasteiger partial charge in [-0.05, 0) is 30.7 Å². The summed E-state index contributed by atoms with van der Waals surface area (Å²) in [5.41, 5.74) is 5.57. The van der Waals surface area contributed by atoms with Crippen LogP contribution in [0.4, 0.5) is 0 Å². The van der Waals surface area contributed by atoms with E-state index in [1.54, 1.807) is 11.3 Å². The minimum Gasteiger partial charge on any atom is -0.387 e. The smallest absolute Gasteiger partial charge is 0.226 e. The van der Waals surface area contributed by atoms with Crippen LogP contribution in [0.25, 0.3) is 0 Å². The van der Waals surface area contributed by atoms with Crippen molar-refractivity contribution in [1.82, 2.24) is 4.90 Å².